The first kappa shape index (κ1) is 15.6. The number of aromatic nitrogens is 1. The maximum Gasteiger partial charge on any atom is 0.408 e. The van der Waals surface area contributed by atoms with Gasteiger partial charge in [0.15, 0.2) is 11.5 Å². The van der Waals surface area contributed by atoms with Crippen LogP contribution in [0.1, 0.15) is 17.0 Å². The first-order chi connectivity index (χ1) is 11.7. The monoisotopic (exact) mass is 320 g/mol. The van der Waals surface area contributed by atoms with Crippen LogP contribution < -0.4 is 5.32 Å². The lowest BCUT2D eigenvalue weighted by molar-refractivity contribution is 0.141. The van der Waals surface area contributed by atoms with Crippen LogP contribution >= 0.6 is 0 Å². The molecule has 3 rings (SSSR count). The number of carbonyl (C=O) groups excluding carboxylic acids is 1. The zero-order valence-electron chi connectivity index (χ0n) is 13.2. The van der Waals surface area contributed by atoms with E-state index in [0.29, 0.717) is 11.5 Å². The van der Waals surface area contributed by atoms with E-state index < -0.39 is 6.09 Å². The molecule has 0 fully saturated rings. The molecule has 0 unspecified atom stereocenters. The van der Waals surface area contributed by atoms with Crippen LogP contribution in [0.3, 0.4) is 0 Å². The van der Waals surface area contributed by atoms with Crippen molar-refractivity contribution in [2.24, 2.45) is 0 Å². The number of hydrogen-bond acceptors (Lipinski definition) is 4. The largest absolute Gasteiger partial charge is 0.445 e. The molecule has 2 aromatic carbocycles. The summed E-state index contributed by atoms with van der Waals surface area (Å²) in [6.45, 7) is 2.25. The van der Waals surface area contributed by atoms with Crippen LogP contribution in [0.25, 0.3) is 11.1 Å². The van der Waals surface area contributed by atoms with E-state index in [0.717, 1.165) is 16.6 Å². The van der Waals surface area contributed by atoms with E-state index in [-0.39, 0.29) is 13.2 Å². The summed E-state index contributed by atoms with van der Waals surface area (Å²) in [5.74, 6) is 6.47. The average molecular weight is 320 g/mol. The molecule has 0 aliphatic rings. The number of oxazole rings is 1. The lowest BCUT2D eigenvalue weighted by Crippen LogP contribution is -2.24. The van der Waals surface area contributed by atoms with E-state index in [9.17, 15) is 4.79 Å². The van der Waals surface area contributed by atoms with Crippen molar-refractivity contribution in [1.82, 2.24) is 10.3 Å². The van der Waals surface area contributed by atoms with Gasteiger partial charge in [0.2, 0.25) is 0 Å². The van der Waals surface area contributed by atoms with Crippen molar-refractivity contribution in [2.45, 2.75) is 13.5 Å². The van der Waals surface area contributed by atoms with Crippen LogP contribution in [-0.2, 0) is 11.3 Å². The molecule has 0 saturated heterocycles. The Hall–Kier alpha value is -3.26. The third kappa shape index (κ3) is 4.14. The number of aryl methyl sites for hydroxylation is 1. The van der Waals surface area contributed by atoms with Crippen LogP contribution in [0.2, 0.25) is 0 Å². The van der Waals surface area contributed by atoms with Crippen LogP contribution in [0, 0.1) is 18.8 Å². The predicted molar refractivity (Wildman–Crippen MR) is 90.3 cm³/mol. The molecule has 0 aliphatic carbocycles. The number of rotatable bonds is 3. The number of ether oxygens (including phenoxy) is 1. The number of benzene rings is 2. The second kappa shape index (κ2) is 7.34. The highest BCUT2D eigenvalue weighted by Crippen LogP contribution is 2.16. The normalized spacial score (nSPS) is 10.0. The molecule has 0 atom stereocenters. The third-order valence-electron chi connectivity index (χ3n) is 3.26. The van der Waals surface area contributed by atoms with Gasteiger partial charge in [-0.05, 0) is 23.8 Å². The lowest BCUT2D eigenvalue weighted by Gasteiger charge is -2.04. The van der Waals surface area contributed by atoms with Crippen molar-refractivity contribution >= 4 is 17.2 Å². The van der Waals surface area contributed by atoms with Gasteiger partial charge in [-0.15, -0.1) is 0 Å². The fourth-order valence-electron chi connectivity index (χ4n) is 2.15. The molecule has 1 amide bonds. The van der Waals surface area contributed by atoms with Gasteiger partial charge in [0.1, 0.15) is 12.1 Å². The van der Waals surface area contributed by atoms with Crippen molar-refractivity contribution < 1.29 is 13.9 Å². The predicted octanol–water partition coefficient (Wildman–Crippen LogP) is 3.41. The molecule has 5 nitrogen and oxygen atoms in total. The van der Waals surface area contributed by atoms with Gasteiger partial charge in [0.25, 0.3) is 0 Å². The SMILES string of the molecule is Cc1nc2ccc(C#CCNC(=O)OCc3ccccc3)cc2o1. The number of hydrogen-bond donors (Lipinski definition) is 1. The summed E-state index contributed by atoms with van der Waals surface area (Å²) in [6, 6.07) is 15.1. The molecule has 0 aliphatic heterocycles. The Bertz CT molecular complexity index is 905. The molecular formula is C19H16N2O3. The highest BCUT2D eigenvalue weighted by Gasteiger charge is 2.02. The van der Waals surface area contributed by atoms with E-state index in [1.54, 1.807) is 6.92 Å². The maximum atomic E-state index is 11.6. The van der Waals surface area contributed by atoms with E-state index >= 15 is 0 Å². The fraction of sp³-hybridized carbons (Fsp3) is 0.158. The van der Waals surface area contributed by atoms with Gasteiger partial charge in [-0.1, -0.05) is 42.2 Å². The average Bonchev–Trinajstić information content (AvgIpc) is 2.97. The molecule has 1 N–H and O–H groups in total. The second-order valence-electron chi connectivity index (χ2n) is 5.13. The van der Waals surface area contributed by atoms with Crippen molar-refractivity contribution in [2.75, 3.05) is 6.54 Å². The standard InChI is InChI=1S/C19H16N2O3/c1-14-21-17-10-9-15(12-18(17)24-14)8-5-11-20-19(22)23-13-16-6-3-2-4-7-16/h2-4,6-7,9-10,12H,11,13H2,1H3,(H,20,22). The Morgan fingerprint density at radius 3 is 2.92 bits per heavy atom. The Labute approximate surface area is 139 Å². The second-order valence-corrected chi connectivity index (χ2v) is 5.13. The number of nitrogens with one attached hydrogen (secondary N) is 1. The van der Waals surface area contributed by atoms with Gasteiger partial charge in [0.05, 0.1) is 6.54 Å². The number of nitrogens with zero attached hydrogens (tertiary/aromatic N) is 1. The summed E-state index contributed by atoms with van der Waals surface area (Å²) >= 11 is 0. The molecule has 1 aromatic heterocycles. The van der Waals surface area contributed by atoms with Crippen LogP contribution in [0.15, 0.2) is 52.9 Å². The van der Waals surface area contributed by atoms with Gasteiger partial charge in [0, 0.05) is 12.5 Å². The van der Waals surface area contributed by atoms with Crippen LogP contribution in [-0.4, -0.2) is 17.6 Å². The summed E-state index contributed by atoms with van der Waals surface area (Å²) in [6.07, 6.45) is -0.491. The zero-order valence-corrected chi connectivity index (χ0v) is 13.2. The Morgan fingerprint density at radius 2 is 2.08 bits per heavy atom. The van der Waals surface area contributed by atoms with Gasteiger partial charge in [-0.25, -0.2) is 9.78 Å². The molecule has 3 aromatic rings. The van der Waals surface area contributed by atoms with Crippen molar-refractivity contribution in [3.8, 4) is 11.8 Å². The van der Waals surface area contributed by atoms with Crippen molar-refractivity contribution in [3.05, 3.63) is 65.5 Å². The van der Waals surface area contributed by atoms with E-state index in [2.05, 4.69) is 22.1 Å². The Morgan fingerprint density at radius 1 is 1.25 bits per heavy atom. The quantitative estimate of drug-likeness (QED) is 0.751. The molecule has 24 heavy (non-hydrogen) atoms. The van der Waals surface area contributed by atoms with E-state index in [1.807, 2.05) is 48.5 Å². The van der Waals surface area contributed by atoms with Gasteiger partial charge in [-0.2, -0.15) is 0 Å². The molecule has 120 valence electrons. The topological polar surface area (TPSA) is 64.4 Å². The molecule has 1 heterocycles. The minimum absolute atomic E-state index is 0.209. The molecule has 0 spiro atoms. The fourth-order valence-corrected chi connectivity index (χ4v) is 2.15. The van der Waals surface area contributed by atoms with Crippen molar-refractivity contribution in [3.63, 3.8) is 0 Å². The summed E-state index contributed by atoms with van der Waals surface area (Å²) < 4.78 is 10.6. The van der Waals surface area contributed by atoms with Gasteiger partial charge >= 0.3 is 6.09 Å². The molecular weight excluding hydrogens is 304 g/mol. The molecule has 0 radical (unpaired) electrons. The van der Waals surface area contributed by atoms with E-state index in [1.165, 1.54) is 0 Å². The molecule has 0 saturated carbocycles. The molecule has 5 heteroatoms. The van der Waals surface area contributed by atoms with Gasteiger partial charge < -0.3 is 14.5 Å². The minimum Gasteiger partial charge on any atom is -0.445 e. The van der Waals surface area contributed by atoms with Crippen molar-refractivity contribution in [1.29, 1.82) is 0 Å². The minimum atomic E-state index is -0.491. The summed E-state index contributed by atoms with van der Waals surface area (Å²) in [5, 5.41) is 2.59. The zero-order chi connectivity index (χ0) is 16.8. The number of alkyl carbamates (subject to hydrolysis) is 1. The van der Waals surface area contributed by atoms with Gasteiger partial charge in [-0.3, -0.25) is 0 Å². The van der Waals surface area contributed by atoms with E-state index in [4.69, 9.17) is 9.15 Å². The highest BCUT2D eigenvalue weighted by atomic mass is 16.5. The van der Waals surface area contributed by atoms with Crippen LogP contribution in [0.4, 0.5) is 4.79 Å². The van der Waals surface area contributed by atoms with Crippen LogP contribution in [0.5, 0.6) is 0 Å². The molecule has 0 bridgehead atoms. The maximum absolute atomic E-state index is 11.6. The first-order valence-electron chi connectivity index (χ1n) is 7.51. The Balaban J connectivity index is 1.48. The summed E-state index contributed by atoms with van der Waals surface area (Å²) in [7, 11) is 0. The summed E-state index contributed by atoms with van der Waals surface area (Å²) in [4.78, 5) is 15.8. The summed E-state index contributed by atoms with van der Waals surface area (Å²) in [5.41, 5.74) is 3.25. The Kier molecular flexibility index (Phi) is 4.78. The number of fused-ring (bicyclic) bond motifs is 1. The number of carbonyl (C=O) groups is 1. The third-order valence-corrected chi connectivity index (χ3v) is 3.26. The smallest absolute Gasteiger partial charge is 0.408 e. The lowest BCUT2D eigenvalue weighted by atomic mass is 10.2. The number of amides is 1. The first-order valence-corrected chi connectivity index (χ1v) is 7.51. The highest BCUT2D eigenvalue weighted by molar-refractivity contribution is 5.74.